The van der Waals surface area contributed by atoms with Crippen LogP contribution in [0.2, 0.25) is 0 Å². The quantitative estimate of drug-likeness (QED) is 0.569. The molecule has 0 radical (unpaired) electrons. The zero-order valence-corrected chi connectivity index (χ0v) is 9.26. The smallest absolute Gasteiger partial charge is 0.183 e. The molecule has 0 aliphatic rings. The minimum Gasteiger partial charge on any atom is -0.497 e. The van der Waals surface area contributed by atoms with Gasteiger partial charge in [0.15, 0.2) is 5.78 Å². The Hall–Kier alpha value is -1.02. The molecule has 2 nitrogen and oxygen atoms in total. The maximum absolute atomic E-state index is 11.7. The van der Waals surface area contributed by atoms with E-state index in [2.05, 4.69) is 0 Å². The zero-order valence-electron chi connectivity index (χ0n) is 8.50. The molecule has 0 aliphatic carbocycles. The first-order chi connectivity index (χ1) is 6.45. The van der Waals surface area contributed by atoms with Gasteiger partial charge in [-0.3, -0.25) is 4.79 Å². The molecule has 0 saturated carbocycles. The number of Topliss-reactive ketones (excluding diaryl/α,β-unsaturated/α-hetero) is 1. The molecule has 0 aromatic heterocycles. The van der Waals surface area contributed by atoms with Crippen LogP contribution in [0.3, 0.4) is 0 Å². The van der Waals surface area contributed by atoms with Crippen LogP contribution in [-0.2, 0) is 0 Å². The Bertz CT molecular complexity index is 322. The van der Waals surface area contributed by atoms with Gasteiger partial charge in [-0.05, 0) is 38.1 Å². The highest BCUT2D eigenvalue weighted by Gasteiger charge is 2.25. The molecule has 0 fully saturated rings. The van der Waals surface area contributed by atoms with Crippen molar-refractivity contribution >= 4 is 17.4 Å². The van der Waals surface area contributed by atoms with Crippen molar-refractivity contribution in [3.63, 3.8) is 0 Å². The van der Waals surface area contributed by atoms with Gasteiger partial charge in [-0.25, -0.2) is 0 Å². The summed E-state index contributed by atoms with van der Waals surface area (Å²) in [5, 5.41) is 0. The third-order valence-electron chi connectivity index (χ3n) is 1.89. The van der Waals surface area contributed by atoms with Crippen LogP contribution in [0.25, 0.3) is 0 Å². The lowest BCUT2D eigenvalue weighted by molar-refractivity contribution is 0.0954. The second-order valence-electron chi connectivity index (χ2n) is 3.53. The lowest BCUT2D eigenvalue weighted by Crippen LogP contribution is -2.24. The number of ketones is 1. The Balaban J connectivity index is 2.93. The van der Waals surface area contributed by atoms with E-state index in [0.717, 1.165) is 5.75 Å². The maximum Gasteiger partial charge on any atom is 0.183 e. The van der Waals surface area contributed by atoms with Gasteiger partial charge >= 0.3 is 0 Å². The van der Waals surface area contributed by atoms with Crippen LogP contribution >= 0.6 is 11.6 Å². The molecule has 76 valence electrons. The number of alkyl halides is 1. The molecule has 0 heterocycles. The van der Waals surface area contributed by atoms with Crippen molar-refractivity contribution in [3.8, 4) is 5.75 Å². The third kappa shape index (κ3) is 2.48. The average molecular weight is 213 g/mol. The van der Waals surface area contributed by atoms with E-state index in [4.69, 9.17) is 16.3 Å². The molecule has 0 saturated heterocycles. The third-order valence-corrected chi connectivity index (χ3v) is 2.06. The number of halogens is 1. The molecule has 14 heavy (non-hydrogen) atoms. The molecule has 0 aliphatic heterocycles. The Morgan fingerprint density at radius 2 is 1.79 bits per heavy atom. The van der Waals surface area contributed by atoms with Crippen LogP contribution in [0.15, 0.2) is 24.3 Å². The number of ether oxygens (including phenoxy) is 1. The number of benzene rings is 1. The van der Waals surface area contributed by atoms with Crippen molar-refractivity contribution in [2.75, 3.05) is 7.11 Å². The number of carbonyl (C=O) groups is 1. The SMILES string of the molecule is COc1ccc(C(=O)C(C)(C)Cl)cc1. The summed E-state index contributed by atoms with van der Waals surface area (Å²) in [7, 11) is 1.59. The lowest BCUT2D eigenvalue weighted by Gasteiger charge is -2.13. The van der Waals surface area contributed by atoms with Crippen molar-refractivity contribution in [1.29, 1.82) is 0 Å². The fourth-order valence-corrected chi connectivity index (χ4v) is 1.19. The molecule has 1 rings (SSSR count). The van der Waals surface area contributed by atoms with Crippen molar-refractivity contribution in [2.45, 2.75) is 18.7 Å². The summed E-state index contributed by atoms with van der Waals surface area (Å²) < 4.78 is 4.99. The highest BCUT2D eigenvalue weighted by Crippen LogP contribution is 2.21. The number of hydrogen-bond donors (Lipinski definition) is 0. The Labute approximate surface area is 88.8 Å². The van der Waals surface area contributed by atoms with Gasteiger partial charge in [0.2, 0.25) is 0 Å². The van der Waals surface area contributed by atoms with E-state index in [1.165, 1.54) is 0 Å². The number of carbonyl (C=O) groups excluding carboxylic acids is 1. The van der Waals surface area contributed by atoms with Gasteiger partial charge in [0.25, 0.3) is 0 Å². The molecule has 0 unspecified atom stereocenters. The first-order valence-electron chi connectivity index (χ1n) is 4.33. The Kier molecular flexibility index (Phi) is 3.17. The predicted molar refractivity (Wildman–Crippen MR) is 57.3 cm³/mol. The largest absolute Gasteiger partial charge is 0.497 e. The van der Waals surface area contributed by atoms with Crippen LogP contribution in [-0.4, -0.2) is 17.8 Å². The zero-order chi connectivity index (χ0) is 10.8. The summed E-state index contributed by atoms with van der Waals surface area (Å²) in [6.45, 7) is 3.36. The summed E-state index contributed by atoms with van der Waals surface area (Å²) in [4.78, 5) is 10.8. The summed E-state index contributed by atoms with van der Waals surface area (Å²) >= 11 is 5.91. The van der Waals surface area contributed by atoms with Gasteiger partial charge in [-0.1, -0.05) is 0 Å². The fraction of sp³-hybridized carbons (Fsp3) is 0.364. The average Bonchev–Trinajstić information content (AvgIpc) is 2.15. The first kappa shape index (κ1) is 11.1. The number of methoxy groups -OCH3 is 1. The molecule has 1 aromatic rings. The predicted octanol–water partition coefficient (Wildman–Crippen LogP) is 2.90. The van der Waals surface area contributed by atoms with E-state index >= 15 is 0 Å². The van der Waals surface area contributed by atoms with Gasteiger partial charge < -0.3 is 4.74 Å². The number of hydrogen-bond acceptors (Lipinski definition) is 2. The van der Waals surface area contributed by atoms with Crippen molar-refractivity contribution in [3.05, 3.63) is 29.8 Å². The highest BCUT2D eigenvalue weighted by atomic mass is 35.5. The molecule has 3 heteroatoms. The van der Waals surface area contributed by atoms with E-state index in [1.807, 2.05) is 0 Å². The van der Waals surface area contributed by atoms with Gasteiger partial charge in [0.1, 0.15) is 10.6 Å². The summed E-state index contributed by atoms with van der Waals surface area (Å²) in [5.74, 6) is 0.649. The molecular formula is C11H13ClO2. The molecule has 1 aromatic carbocycles. The van der Waals surface area contributed by atoms with Crippen LogP contribution in [0.5, 0.6) is 5.75 Å². The van der Waals surface area contributed by atoms with Gasteiger partial charge in [-0.2, -0.15) is 0 Å². The standard InChI is InChI=1S/C11H13ClO2/c1-11(2,12)10(13)8-4-6-9(14-3)7-5-8/h4-7H,1-3H3. The van der Waals surface area contributed by atoms with E-state index in [1.54, 1.807) is 45.2 Å². The Morgan fingerprint density at radius 3 is 2.14 bits per heavy atom. The molecular weight excluding hydrogens is 200 g/mol. The molecule has 0 atom stereocenters. The Morgan fingerprint density at radius 1 is 1.29 bits per heavy atom. The topological polar surface area (TPSA) is 26.3 Å². The van der Waals surface area contributed by atoms with Gasteiger partial charge in [0.05, 0.1) is 7.11 Å². The van der Waals surface area contributed by atoms with Gasteiger partial charge in [0, 0.05) is 5.56 Å². The first-order valence-corrected chi connectivity index (χ1v) is 4.70. The second kappa shape index (κ2) is 4.01. The van der Waals surface area contributed by atoms with E-state index in [0.29, 0.717) is 5.56 Å². The molecule has 0 amide bonds. The van der Waals surface area contributed by atoms with E-state index in [9.17, 15) is 4.79 Å². The van der Waals surface area contributed by atoms with Crippen LogP contribution in [0.4, 0.5) is 0 Å². The summed E-state index contributed by atoms with van der Waals surface area (Å²) in [6.07, 6.45) is 0. The van der Waals surface area contributed by atoms with Crippen molar-refractivity contribution in [2.24, 2.45) is 0 Å². The second-order valence-corrected chi connectivity index (χ2v) is 4.47. The molecule has 0 bridgehead atoms. The van der Waals surface area contributed by atoms with Crippen LogP contribution in [0.1, 0.15) is 24.2 Å². The monoisotopic (exact) mass is 212 g/mol. The van der Waals surface area contributed by atoms with Crippen molar-refractivity contribution < 1.29 is 9.53 Å². The molecule has 0 N–H and O–H groups in total. The van der Waals surface area contributed by atoms with Crippen LogP contribution < -0.4 is 4.74 Å². The summed E-state index contributed by atoms with van der Waals surface area (Å²) in [5.41, 5.74) is 0.603. The minimum atomic E-state index is -0.853. The number of rotatable bonds is 3. The lowest BCUT2D eigenvalue weighted by atomic mass is 10.0. The maximum atomic E-state index is 11.7. The summed E-state index contributed by atoms with van der Waals surface area (Å²) in [6, 6.07) is 6.92. The van der Waals surface area contributed by atoms with E-state index < -0.39 is 4.87 Å². The van der Waals surface area contributed by atoms with Crippen LogP contribution in [0, 0.1) is 0 Å². The minimum absolute atomic E-state index is 0.0816. The normalized spacial score (nSPS) is 11.1. The highest BCUT2D eigenvalue weighted by molar-refractivity contribution is 6.37. The molecule has 0 spiro atoms. The van der Waals surface area contributed by atoms with Crippen molar-refractivity contribution in [1.82, 2.24) is 0 Å². The van der Waals surface area contributed by atoms with Gasteiger partial charge in [-0.15, -0.1) is 11.6 Å². The fourth-order valence-electron chi connectivity index (χ4n) is 1.09. The van der Waals surface area contributed by atoms with E-state index in [-0.39, 0.29) is 5.78 Å².